The normalized spacial score (nSPS) is 17.6. The summed E-state index contributed by atoms with van der Waals surface area (Å²) >= 11 is 0. The predicted octanol–water partition coefficient (Wildman–Crippen LogP) is 3.28. The summed E-state index contributed by atoms with van der Waals surface area (Å²) in [7, 11) is 0. The molecule has 0 saturated carbocycles. The number of hydrogen-bond donors (Lipinski definition) is 2. The lowest BCUT2D eigenvalue weighted by Crippen LogP contribution is -2.23. The van der Waals surface area contributed by atoms with Crippen molar-refractivity contribution in [2.75, 3.05) is 0 Å². The third-order valence-corrected chi connectivity index (χ3v) is 2.91. The van der Waals surface area contributed by atoms with Crippen LogP contribution in [0.4, 0.5) is 0 Å². The highest BCUT2D eigenvalue weighted by atomic mass is 16.3. The van der Waals surface area contributed by atoms with Gasteiger partial charge in [0, 0.05) is 5.92 Å². The average molecular weight is 228 g/mol. The molecule has 0 unspecified atom stereocenters. The van der Waals surface area contributed by atoms with Gasteiger partial charge < -0.3 is 10.2 Å². The second-order valence-corrected chi connectivity index (χ2v) is 4.69. The Bertz CT molecular complexity index is 176. The number of aliphatic hydroxyl groups is 2. The predicted molar refractivity (Wildman–Crippen MR) is 69.4 cm³/mol. The van der Waals surface area contributed by atoms with Gasteiger partial charge in [0.25, 0.3) is 0 Å². The van der Waals surface area contributed by atoms with Crippen molar-refractivity contribution in [2.24, 2.45) is 5.92 Å². The zero-order valence-electron chi connectivity index (χ0n) is 11.0. The molecule has 0 aliphatic rings. The van der Waals surface area contributed by atoms with Gasteiger partial charge in [-0.25, -0.2) is 0 Å². The van der Waals surface area contributed by atoms with E-state index >= 15 is 0 Å². The van der Waals surface area contributed by atoms with Crippen LogP contribution in [-0.4, -0.2) is 22.4 Å². The molecule has 2 N–H and O–H groups in total. The van der Waals surface area contributed by atoms with Crippen LogP contribution in [0.5, 0.6) is 0 Å². The quantitative estimate of drug-likeness (QED) is 0.469. The third kappa shape index (κ3) is 7.89. The zero-order chi connectivity index (χ0) is 12.4. The molecular formula is C14H28O2. The maximum Gasteiger partial charge on any atom is 0.0627 e. The Hall–Kier alpha value is -0.340. The molecule has 0 heterocycles. The van der Waals surface area contributed by atoms with Gasteiger partial charge in [0.05, 0.1) is 12.2 Å². The minimum atomic E-state index is -0.418. The monoisotopic (exact) mass is 228 g/mol. The van der Waals surface area contributed by atoms with Gasteiger partial charge in [-0.2, -0.15) is 0 Å². The van der Waals surface area contributed by atoms with Crippen molar-refractivity contribution >= 4 is 0 Å². The molecule has 0 spiro atoms. The van der Waals surface area contributed by atoms with Crippen LogP contribution in [0.3, 0.4) is 0 Å². The van der Waals surface area contributed by atoms with Crippen molar-refractivity contribution < 1.29 is 10.2 Å². The summed E-state index contributed by atoms with van der Waals surface area (Å²) in [5.74, 6) is 0.205. The summed E-state index contributed by atoms with van der Waals surface area (Å²) in [5.41, 5.74) is 0. The highest BCUT2D eigenvalue weighted by Crippen LogP contribution is 2.19. The van der Waals surface area contributed by atoms with Gasteiger partial charge in [-0.1, -0.05) is 44.8 Å². The molecule has 96 valence electrons. The maximum absolute atomic E-state index is 9.96. The molecule has 0 aromatic carbocycles. The van der Waals surface area contributed by atoms with Crippen molar-refractivity contribution in [2.45, 2.75) is 71.5 Å². The molecule has 0 saturated heterocycles. The Balaban J connectivity index is 3.95. The van der Waals surface area contributed by atoms with Crippen molar-refractivity contribution in [1.29, 1.82) is 0 Å². The van der Waals surface area contributed by atoms with Crippen LogP contribution in [-0.2, 0) is 0 Å². The van der Waals surface area contributed by atoms with Crippen molar-refractivity contribution in [3.63, 3.8) is 0 Å². The largest absolute Gasteiger partial charge is 0.393 e. The first-order valence-electron chi connectivity index (χ1n) is 6.60. The van der Waals surface area contributed by atoms with E-state index in [4.69, 9.17) is 0 Å². The van der Waals surface area contributed by atoms with E-state index in [1.165, 1.54) is 25.7 Å². The Morgan fingerprint density at radius 3 is 2.31 bits per heavy atom. The lowest BCUT2D eigenvalue weighted by molar-refractivity contribution is 0.0610. The van der Waals surface area contributed by atoms with Crippen molar-refractivity contribution in [3.8, 4) is 0 Å². The van der Waals surface area contributed by atoms with Gasteiger partial charge in [0.1, 0.15) is 0 Å². The van der Waals surface area contributed by atoms with Crippen molar-refractivity contribution in [1.82, 2.24) is 0 Å². The van der Waals surface area contributed by atoms with Crippen LogP contribution < -0.4 is 0 Å². The van der Waals surface area contributed by atoms with E-state index in [-0.39, 0.29) is 5.92 Å². The molecule has 0 aromatic rings. The first-order chi connectivity index (χ1) is 7.61. The molecule has 0 bridgehead atoms. The average Bonchev–Trinajstić information content (AvgIpc) is 2.21. The fourth-order valence-electron chi connectivity index (χ4n) is 2.00. The van der Waals surface area contributed by atoms with E-state index in [1.54, 1.807) is 6.92 Å². The summed E-state index contributed by atoms with van der Waals surface area (Å²) in [5, 5.41) is 19.2. The van der Waals surface area contributed by atoms with Crippen LogP contribution in [0.25, 0.3) is 0 Å². The summed E-state index contributed by atoms with van der Waals surface area (Å²) < 4.78 is 0. The molecule has 0 amide bonds. The fourth-order valence-corrected chi connectivity index (χ4v) is 2.00. The first kappa shape index (κ1) is 15.7. The summed E-state index contributed by atoms with van der Waals surface area (Å²) in [6.07, 6.45) is 9.66. The molecule has 0 aliphatic carbocycles. The summed E-state index contributed by atoms with van der Waals surface area (Å²) in [4.78, 5) is 0. The van der Waals surface area contributed by atoms with Crippen LogP contribution >= 0.6 is 0 Å². The molecule has 0 aromatic heterocycles. The third-order valence-electron chi connectivity index (χ3n) is 2.91. The Kier molecular flexibility index (Phi) is 9.65. The molecular weight excluding hydrogens is 200 g/mol. The SMILES string of the molecule is C/C=C/[C@H](CCCCCC)[C@@H](O)C[C@@H](C)O. The van der Waals surface area contributed by atoms with E-state index in [0.717, 1.165) is 6.42 Å². The number of allylic oxidation sites excluding steroid dienone is 1. The van der Waals surface area contributed by atoms with E-state index in [1.807, 2.05) is 13.0 Å². The highest BCUT2D eigenvalue weighted by molar-refractivity contribution is 4.90. The van der Waals surface area contributed by atoms with Crippen LogP contribution in [0.15, 0.2) is 12.2 Å². The fraction of sp³-hybridized carbons (Fsp3) is 0.857. The zero-order valence-corrected chi connectivity index (χ0v) is 11.0. The smallest absolute Gasteiger partial charge is 0.0627 e. The minimum absolute atomic E-state index is 0.205. The molecule has 2 nitrogen and oxygen atoms in total. The van der Waals surface area contributed by atoms with Gasteiger partial charge in [0.2, 0.25) is 0 Å². The molecule has 0 fully saturated rings. The van der Waals surface area contributed by atoms with Crippen LogP contribution in [0.2, 0.25) is 0 Å². The molecule has 0 radical (unpaired) electrons. The van der Waals surface area contributed by atoms with Gasteiger partial charge >= 0.3 is 0 Å². The van der Waals surface area contributed by atoms with Gasteiger partial charge in [-0.3, -0.25) is 0 Å². The Labute approximate surface area is 100 Å². The van der Waals surface area contributed by atoms with Gasteiger partial charge in [0.15, 0.2) is 0 Å². The second-order valence-electron chi connectivity index (χ2n) is 4.69. The number of rotatable bonds is 9. The summed E-state index contributed by atoms with van der Waals surface area (Å²) in [6.45, 7) is 5.91. The van der Waals surface area contributed by atoms with E-state index in [2.05, 4.69) is 13.0 Å². The topological polar surface area (TPSA) is 40.5 Å². The molecule has 2 heteroatoms. The summed E-state index contributed by atoms with van der Waals surface area (Å²) in [6, 6.07) is 0. The minimum Gasteiger partial charge on any atom is -0.393 e. The lowest BCUT2D eigenvalue weighted by Gasteiger charge is -2.21. The molecule has 16 heavy (non-hydrogen) atoms. The second kappa shape index (κ2) is 9.86. The van der Waals surface area contributed by atoms with E-state index < -0.39 is 12.2 Å². The first-order valence-corrected chi connectivity index (χ1v) is 6.60. The van der Waals surface area contributed by atoms with Gasteiger partial charge in [-0.05, 0) is 26.7 Å². The molecule has 0 rings (SSSR count). The number of hydrogen-bond acceptors (Lipinski definition) is 2. The Morgan fingerprint density at radius 2 is 1.81 bits per heavy atom. The standard InChI is InChI=1S/C14H28O2/c1-4-6-7-8-10-13(9-5-2)14(16)11-12(3)15/h5,9,12-16H,4,6-8,10-11H2,1-3H3/b9-5+/t12-,13-,14+/m1/s1. The van der Waals surface area contributed by atoms with E-state index in [9.17, 15) is 10.2 Å². The van der Waals surface area contributed by atoms with Crippen LogP contribution in [0.1, 0.15) is 59.3 Å². The number of unbranched alkanes of at least 4 members (excludes halogenated alkanes) is 3. The molecule has 0 aliphatic heterocycles. The Morgan fingerprint density at radius 1 is 1.12 bits per heavy atom. The van der Waals surface area contributed by atoms with Gasteiger partial charge in [-0.15, -0.1) is 0 Å². The van der Waals surface area contributed by atoms with Crippen molar-refractivity contribution in [3.05, 3.63) is 12.2 Å². The molecule has 3 atom stereocenters. The lowest BCUT2D eigenvalue weighted by atomic mass is 9.91. The number of aliphatic hydroxyl groups excluding tert-OH is 2. The highest BCUT2D eigenvalue weighted by Gasteiger charge is 2.17. The van der Waals surface area contributed by atoms with Crippen LogP contribution in [0, 0.1) is 5.92 Å². The van der Waals surface area contributed by atoms with E-state index in [0.29, 0.717) is 6.42 Å². The maximum atomic E-state index is 9.96.